The fourth-order valence-electron chi connectivity index (χ4n) is 6.21. The summed E-state index contributed by atoms with van der Waals surface area (Å²) in [6, 6.07) is -0.926. The molecule has 9 heteroatoms. The Kier molecular flexibility index (Phi) is 40.9. The van der Waals surface area contributed by atoms with Crippen molar-refractivity contribution in [3.05, 3.63) is 97.2 Å². The normalized spacial score (nSPS) is 15.1. The highest BCUT2D eigenvalue weighted by Crippen LogP contribution is 2.38. The highest BCUT2D eigenvalue weighted by molar-refractivity contribution is 7.45. The second kappa shape index (κ2) is 42.7. The zero-order valence-electron chi connectivity index (χ0n) is 39.6. The van der Waals surface area contributed by atoms with Gasteiger partial charge in [0.1, 0.15) is 13.2 Å². The van der Waals surface area contributed by atoms with Crippen LogP contribution in [0.2, 0.25) is 0 Å². The number of unbranched alkanes of at least 4 members (excludes halogenated alkanes) is 15. The molecule has 0 heterocycles. The van der Waals surface area contributed by atoms with Crippen molar-refractivity contribution in [2.45, 2.75) is 187 Å². The van der Waals surface area contributed by atoms with Gasteiger partial charge >= 0.3 is 0 Å². The van der Waals surface area contributed by atoms with Crippen LogP contribution in [-0.4, -0.2) is 68.5 Å². The van der Waals surface area contributed by atoms with Crippen molar-refractivity contribution in [2.24, 2.45) is 0 Å². The molecule has 0 radical (unpaired) electrons. The van der Waals surface area contributed by atoms with E-state index < -0.39 is 26.6 Å². The van der Waals surface area contributed by atoms with Gasteiger partial charge in [-0.15, -0.1) is 0 Å². The fourth-order valence-corrected chi connectivity index (χ4v) is 6.93. The number of amides is 1. The van der Waals surface area contributed by atoms with Crippen molar-refractivity contribution in [1.29, 1.82) is 0 Å². The molecule has 0 rings (SSSR count). The summed E-state index contributed by atoms with van der Waals surface area (Å²) in [6.45, 7) is 4.46. The number of hydrogen-bond acceptors (Lipinski definition) is 6. The number of aliphatic hydroxyl groups is 1. The Bertz CT molecular complexity index is 1310. The summed E-state index contributed by atoms with van der Waals surface area (Å²) >= 11 is 0. The van der Waals surface area contributed by atoms with Crippen LogP contribution >= 0.6 is 7.82 Å². The number of phosphoric acid groups is 1. The molecule has 3 unspecified atom stereocenters. The summed E-state index contributed by atoms with van der Waals surface area (Å²) in [4.78, 5) is 25.4. The summed E-state index contributed by atoms with van der Waals surface area (Å²) in [5, 5.41) is 13.8. The highest BCUT2D eigenvalue weighted by atomic mass is 31.2. The third-order valence-electron chi connectivity index (χ3n) is 10.0. The molecule has 1 amide bonds. The van der Waals surface area contributed by atoms with Gasteiger partial charge in [0.05, 0.1) is 39.9 Å². The van der Waals surface area contributed by atoms with Crippen LogP contribution in [0.4, 0.5) is 0 Å². The summed E-state index contributed by atoms with van der Waals surface area (Å²) < 4.78 is 23.2. The Hall–Kier alpha value is -2.58. The number of phosphoric ester groups is 1. The lowest BCUT2D eigenvalue weighted by Crippen LogP contribution is -2.45. The number of nitrogens with one attached hydrogen (secondary N) is 1. The predicted octanol–water partition coefficient (Wildman–Crippen LogP) is 13.3. The molecular formula is C52H91N2O6P. The Morgan fingerprint density at radius 2 is 1.02 bits per heavy atom. The van der Waals surface area contributed by atoms with Gasteiger partial charge in [0.25, 0.3) is 7.82 Å². The quantitative estimate of drug-likeness (QED) is 0.0274. The smallest absolute Gasteiger partial charge is 0.268 e. The van der Waals surface area contributed by atoms with Crippen LogP contribution in [0.3, 0.4) is 0 Å². The van der Waals surface area contributed by atoms with Crippen LogP contribution in [0.5, 0.6) is 0 Å². The lowest BCUT2D eigenvalue weighted by atomic mass is 10.1. The minimum absolute atomic E-state index is 0.0187. The van der Waals surface area contributed by atoms with Gasteiger partial charge in [-0.3, -0.25) is 9.36 Å². The average Bonchev–Trinajstić information content (AvgIpc) is 3.21. The molecule has 0 aromatic rings. The van der Waals surface area contributed by atoms with E-state index in [4.69, 9.17) is 9.05 Å². The number of rotatable bonds is 42. The molecule has 2 N–H and O–H groups in total. The number of carbonyl (C=O) groups is 1. The van der Waals surface area contributed by atoms with Gasteiger partial charge < -0.3 is 28.8 Å². The molecule has 0 fully saturated rings. The summed E-state index contributed by atoms with van der Waals surface area (Å²) in [5.74, 6) is -0.235. The third-order valence-corrected chi connectivity index (χ3v) is 11.0. The first kappa shape index (κ1) is 58.4. The zero-order valence-corrected chi connectivity index (χ0v) is 40.5. The van der Waals surface area contributed by atoms with E-state index in [9.17, 15) is 19.4 Å². The van der Waals surface area contributed by atoms with E-state index in [1.165, 1.54) is 57.8 Å². The first-order valence-corrected chi connectivity index (χ1v) is 25.6. The number of hydrogen-bond donors (Lipinski definition) is 2. The average molecular weight is 871 g/mol. The van der Waals surface area contributed by atoms with Crippen LogP contribution in [0.1, 0.15) is 174 Å². The van der Waals surface area contributed by atoms with Gasteiger partial charge in [-0.05, 0) is 89.9 Å². The zero-order chi connectivity index (χ0) is 45.0. The van der Waals surface area contributed by atoms with Crippen LogP contribution < -0.4 is 10.2 Å². The molecule has 0 aromatic heterocycles. The monoisotopic (exact) mass is 871 g/mol. The van der Waals surface area contributed by atoms with Gasteiger partial charge in [-0.25, -0.2) is 0 Å². The van der Waals surface area contributed by atoms with E-state index in [-0.39, 0.29) is 12.5 Å². The molecule has 0 aliphatic carbocycles. The Morgan fingerprint density at radius 3 is 1.52 bits per heavy atom. The molecule has 0 aromatic carbocycles. The van der Waals surface area contributed by atoms with Crippen LogP contribution in [-0.2, 0) is 18.4 Å². The molecule has 350 valence electrons. The molecule has 0 saturated heterocycles. The molecule has 0 bridgehead atoms. The first-order chi connectivity index (χ1) is 29.5. The van der Waals surface area contributed by atoms with E-state index in [1.54, 1.807) is 6.08 Å². The summed E-state index contributed by atoms with van der Waals surface area (Å²) in [6.07, 6.45) is 60.3. The number of nitrogens with zero attached hydrogens (tertiary/aromatic N) is 1. The third kappa shape index (κ3) is 45.3. The Morgan fingerprint density at radius 1 is 0.590 bits per heavy atom. The van der Waals surface area contributed by atoms with Crippen LogP contribution in [0.15, 0.2) is 97.2 Å². The van der Waals surface area contributed by atoms with Crippen molar-refractivity contribution in [2.75, 3.05) is 40.9 Å². The number of allylic oxidation sites excluding steroid dienone is 15. The molecule has 0 aliphatic rings. The van der Waals surface area contributed by atoms with Crippen molar-refractivity contribution in [3.63, 3.8) is 0 Å². The summed E-state index contributed by atoms with van der Waals surface area (Å²) in [7, 11) is 1.20. The van der Waals surface area contributed by atoms with E-state index in [2.05, 4.69) is 104 Å². The van der Waals surface area contributed by atoms with Gasteiger partial charge in [0.15, 0.2) is 0 Å². The number of quaternary nitrogens is 1. The maximum atomic E-state index is 12.9. The van der Waals surface area contributed by atoms with Crippen molar-refractivity contribution in [1.82, 2.24) is 5.32 Å². The molecule has 3 atom stereocenters. The standard InChI is InChI=1S/C52H91N2O6P/c1-6-8-10-12-14-16-18-20-22-24-26-27-28-30-32-34-36-38-40-42-44-46-52(56)53-50(49-60-61(57,58)59-48-47-54(3,4)5)51(55)45-43-41-39-37-35-33-31-29-25-23-21-19-17-15-13-11-9-7-2/h8,10,14,16,20,22,25-27,29-30,32,35,37,43,45,50-51,55H,6-7,9,11-13,15,17-19,21,23-24,28,31,33-34,36,38-42,44,46-49H2,1-5H3,(H-,53,56,57,58)/b10-8-,16-14-,22-20-,27-26-,29-25+,32-30-,37-35+,45-43+. The first-order valence-electron chi connectivity index (χ1n) is 24.1. The minimum Gasteiger partial charge on any atom is -0.756 e. The van der Waals surface area contributed by atoms with Crippen LogP contribution in [0.25, 0.3) is 0 Å². The maximum Gasteiger partial charge on any atom is 0.268 e. The lowest BCUT2D eigenvalue weighted by molar-refractivity contribution is -0.870. The van der Waals surface area contributed by atoms with Gasteiger partial charge in [-0.1, -0.05) is 175 Å². The molecule has 8 nitrogen and oxygen atoms in total. The predicted molar refractivity (Wildman–Crippen MR) is 260 cm³/mol. The largest absolute Gasteiger partial charge is 0.756 e. The van der Waals surface area contributed by atoms with E-state index in [0.29, 0.717) is 17.4 Å². The van der Waals surface area contributed by atoms with Crippen LogP contribution in [0, 0.1) is 0 Å². The second-order valence-electron chi connectivity index (χ2n) is 17.1. The second-order valence-corrected chi connectivity index (χ2v) is 18.5. The van der Waals surface area contributed by atoms with E-state index >= 15 is 0 Å². The number of carbonyl (C=O) groups excluding carboxylic acids is 1. The van der Waals surface area contributed by atoms with E-state index in [1.807, 2.05) is 27.2 Å². The van der Waals surface area contributed by atoms with Crippen molar-refractivity contribution >= 4 is 13.7 Å². The van der Waals surface area contributed by atoms with Crippen molar-refractivity contribution in [3.8, 4) is 0 Å². The lowest BCUT2D eigenvalue weighted by Gasteiger charge is -2.29. The minimum atomic E-state index is -4.62. The van der Waals surface area contributed by atoms with Crippen molar-refractivity contribution < 1.29 is 32.9 Å². The highest BCUT2D eigenvalue weighted by Gasteiger charge is 2.23. The maximum absolute atomic E-state index is 12.9. The molecule has 61 heavy (non-hydrogen) atoms. The Labute approximate surface area is 375 Å². The molecule has 0 saturated carbocycles. The summed E-state index contributed by atoms with van der Waals surface area (Å²) in [5.41, 5.74) is 0. The fraction of sp³-hybridized carbons (Fsp3) is 0.673. The Balaban J connectivity index is 4.51. The number of likely N-dealkylation sites (N-methyl/N-ethyl adjacent to an activating group) is 1. The van der Waals surface area contributed by atoms with Gasteiger partial charge in [-0.2, -0.15) is 0 Å². The number of aliphatic hydroxyl groups excluding tert-OH is 1. The van der Waals surface area contributed by atoms with E-state index in [0.717, 1.165) is 96.3 Å². The van der Waals surface area contributed by atoms with Gasteiger partial charge in [0.2, 0.25) is 5.91 Å². The molecular weight excluding hydrogens is 780 g/mol. The SMILES string of the molecule is CC/C=C\C/C=C\C/C=C\C/C=C\C/C=C\CCCCCCCC(=O)NC(COP(=O)([O-])OCC[N+](C)(C)C)C(O)/C=C/CC/C=C/CC/C=C/CCCCCCCCCC. The van der Waals surface area contributed by atoms with Gasteiger partial charge in [0, 0.05) is 6.42 Å². The topological polar surface area (TPSA) is 108 Å². The molecule has 0 aliphatic heterocycles. The molecule has 0 spiro atoms.